The summed E-state index contributed by atoms with van der Waals surface area (Å²) in [7, 11) is 1.68. The third-order valence-electron chi connectivity index (χ3n) is 4.32. The largest absolute Gasteiger partial charge is 0.497 e. The van der Waals surface area contributed by atoms with Gasteiger partial charge in [-0.25, -0.2) is 4.98 Å². The van der Waals surface area contributed by atoms with Gasteiger partial charge in [0.15, 0.2) is 0 Å². The standard InChI is InChI=1S/C17H20N2O2/c1-12(20)13-6-9-19(10-7-13)17-16-4-3-15(21-2)11-14(16)5-8-18-17/h3-5,8,11,13H,6-7,9-10H2,1-2H3. The Labute approximate surface area is 124 Å². The van der Waals surface area contributed by atoms with Gasteiger partial charge in [-0.2, -0.15) is 0 Å². The van der Waals surface area contributed by atoms with Crippen molar-refractivity contribution >= 4 is 22.4 Å². The van der Waals surface area contributed by atoms with E-state index in [1.165, 1.54) is 0 Å². The molecule has 0 saturated carbocycles. The number of rotatable bonds is 3. The number of anilines is 1. The smallest absolute Gasteiger partial charge is 0.136 e. The SMILES string of the molecule is COc1ccc2c(N3CCC(C(C)=O)CC3)nccc2c1. The fraction of sp³-hybridized carbons (Fsp3) is 0.412. The van der Waals surface area contributed by atoms with Gasteiger partial charge in [-0.15, -0.1) is 0 Å². The van der Waals surface area contributed by atoms with E-state index in [0.29, 0.717) is 5.78 Å². The molecule has 1 saturated heterocycles. The highest BCUT2D eigenvalue weighted by Crippen LogP contribution is 2.30. The minimum absolute atomic E-state index is 0.219. The monoisotopic (exact) mass is 284 g/mol. The topological polar surface area (TPSA) is 42.4 Å². The Kier molecular flexibility index (Phi) is 3.78. The summed E-state index contributed by atoms with van der Waals surface area (Å²) in [6.07, 6.45) is 3.68. The molecule has 1 aliphatic rings. The summed E-state index contributed by atoms with van der Waals surface area (Å²) < 4.78 is 5.28. The van der Waals surface area contributed by atoms with E-state index >= 15 is 0 Å². The zero-order chi connectivity index (χ0) is 14.8. The second-order valence-electron chi connectivity index (χ2n) is 5.59. The summed E-state index contributed by atoms with van der Waals surface area (Å²) in [5.41, 5.74) is 0. The maximum absolute atomic E-state index is 11.5. The molecule has 0 spiro atoms. The number of nitrogens with zero attached hydrogens (tertiary/aromatic N) is 2. The van der Waals surface area contributed by atoms with Crippen LogP contribution in [-0.4, -0.2) is 31.0 Å². The van der Waals surface area contributed by atoms with Crippen molar-refractivity contribution < 1.29 is 9.53 Å². The number of carbonyl (C=O) groups is 1. The lowest BCUT2D eigenvalue weighted by atomic mass is 9.93. The van der Waals surface area contributed by atoms with Crippen LogP contribution in [0, 0.1) is 5.92 Å². The van der Waals surface area contributed by atoms with Gasteiger partial charge in [0.05, 0.1) is 7.11 Å². The average molecular weight is 284 g/mol. The second kappa shape index (κ2) is 5.72. The second-order valence-corrected chi connectivity index (χ2v) is 5.59. The lowest BCUT2D eigenvalue weighted by Gasteiger charge is -2.32. The van der Waals surface area contributed by atoms with E-state index in [2.05, 4.69) is 16.0 Å². The minimum atomic E-state index is 0.219. The van der Waals surface area contributed by atoms with E-state index < -0.39 is 0 Å². The Balaban J connectivity index is 1.89. The van der Waals surface area contributed by atoms with Gasteiger partial charge in [0.2, 0.25) is 0 Å². The van der Waals surface area contributed by atoms with E-state index in [4.69, 9.17) is 4.74 Å². The Morgan fingerprint density at radius 3 is 2.71 bits per heavy atom. The van der Waals surface area contributed by atoms with Crippen LogP contribution in [0.15, 0.2) is 30.5 Å². The molecule has 2 aromatic rings. The van der Waals surface area contributed by atoms with E-state index in [-0.39, 0.29) is 5.92 Å². The van der Waals surface area contributed by atoms with Crippen molar-refractivity contribution in [3.8, 4) is 5.75 Å². The lowest BCUT2D eigenvalue weighted by molar-refractivity contribution is -0.121. The van der Waals surface area contributed by atoms with Gasteiger partial charge >= 0.3 is 0 Å². The van der Waals surface area contributed by atoms with Gasteiger partial charge in [0, 0.05) is 30.6 Å². The lowest BCUT2D eigenvalue weighted by Crippen LogP contribution is -2.36. The van der Waals surface area contributed by atoms with Gasteiger partial charge in [-0.05, 0) is 49.4 Å². The van der Waals surface area contributed by atoms with Gasteiger partial charge in [0.1, 0.15) is 17.4 Å². The highest BCUT2D eigenvalue weighted by Gasteiger charge is 2.23. The molecule has 1 aliphatic heterocycles. The number of ether oxygens (including phenoxy) is 1. The molecule has 3 rings (SSSR count). The van der Waals surface area contributed by atoms with E-state index in [0.717, 1.165) is 48.3 Å². The minimum Gasteiger partial charge on any atom is -0.497 e. The van der Waals surface area contributed by atoms with Crippen LogP contribution in [0.3, 0.4) is 0 Å². The molecule has 0 N–H and O–H groups in total. The Morgan fingerprint density at radius 2 is 2.05 bits per heavy atom. The van der Waals surface area contributed by atoms with Crippen LogP contribution in [0.25, 0.3) is 10.8 Å². The Bertz CT molecular complexity index is 661. The zero-order valence-corrected chi connectivity index (χ0v) is 12.5. The molecular weight excluding hydrogens is 264 g/mol. The molecule has 0 unspecified atom stereocenters. The molecule has 21 heavy (non-hydrogen) atoms. The molecule has 110 valence electrons. The van der Waals surface area contributed by atoms with Gasteiger partial charge in [0.25, 0.3) is 0 Å². The number of methoxy groups -OCH3 is 1. The summed E-state index contributed by atoms with van der Waals surface area (Å²) in [5, 5.41) is 2.27. The fourth-order valence-electron chi connectivity index (χ4n) is 3.02. The highest BCUT2D eigenvalue weighted by atomic mass is 16.5. The van der Waals surface area contributed by atoms with Crippen molar-refractivity contribution in [3.05, 3.63) is 30.5 Å². The van der Waals surface area contributed by atoms with Crippen molar-refractivity contribution in [1.29, 1.82) is 0 Å². The van der Waals surface area contributed by atoms with Crippen molar-refractivity contribution in [2.45, 2.75) is 19.8 Å². The third-order valence-corrected chi connectivity index (χ3v) is 4.32. The number of Topliss-reactive ketones (excluding diaryl/α,β-unsaturated/α-hetero) is 1. The van der Waals surface area contributed by atoms with E-state index in [9.17, 15) is 4.79 Å². The predicted octanol–water partition coefficient (Wildman–Crippen LogP) is 3.05. The van der Waals surface area contributed by atoms with Crippen molar-refractivity contribution in [3.63, 3.8) is 0 Å². The third kappa shape index (κ3) is 2.71. The molecule has 4 heteroatoms. The first-order valence-corrected chi connectivity index (χ1v) is 7.37. The molecule has 4 nitrogen and oxygen atoms in total. The number of benzene rings is 1. The molecule has 0 bridgehead atoms. The first-order valence-electron chi connectivity index (χ1n) is 7.37. The maximum Gasteiger partial charge on any atom is 0.136 e. The van der Waals surface area contributed by atoms with Crippen molar-refractivity contribution in [2.24, 2.45) is 5.92 Å². The van der Waals surface area contributed by atoms with Crippen LogP contribution in [0.2, 0.25) is 0 Å². The predicted molar refractivity (Wildman–Crippen MR) is 83.9 cm³/mol. The zero-order valence-electron chi connectivity index (χ0n) is 12.5. The van der Waals surface area contributed by atoms with Crippen LogP contribution < -0.4 is 9.64 Å². The van der Waals surface area contributed by atoms with Gasteiger partial charge in [-0.1, -0.05) is 0 Å². The average Bonchev–Trinajstić information content (AvgIpc) is 2.53. The number of carbonyl (C=O) groups excluding carboxylic acids is 1. The van der Waals surface area contributed by atoms with E-state index in [1.807, 2.05) is 24.4 Å². The summed E-state index contributed by atoms with van der Waals surface area (Å²) in [6, 6.07) is 8.07. The summed E-state index contributed by atoms with van der Waals surface area (Å²) in [5.74, 6) is 2.40. The molecule has 1 aromatic carbocycles. The normalized spacial score (nSPS) is 16.2. The Morgan fingerprint density at radius 1 is 1.29 bits per heavy atom. The molecule has 0 aliphatic carbocycles. The summed E-state index contributed by atoms with van der Waals surface area (Å²) in [4.78, 5) is 18.3. The first-order chi connectivity index (χ1) is 10.2. The molecular formula is C17H20N2O2. The fourth-order valence-corrected chi connectivity index (χ4v) is 3.02. The number of ketones is 1. The van der Waals surface area contributed by atoms with Crippen LogP contribution in [-0.2, 0) is 4.79 Å². The van der Waals surface area contributed by atoms with Gasteiger partial charge < -0.3 is 9.64 Å². The van der Waals surface area contributed by atoms with Crippen molar-refractivity contribution in [1.82, 2.24) is 4.98 Å². The molecule has 2 heterocycles. The molecule has 1 fully saturated rings. The number of fused-ring (bicyclic) bond motifs is 1. The maximum atomic E-state index is 11.5. The van der Waals surface area contributed by atoms with Crippen LogP contribution >= 0.6 is 0 Å². The molecule has 0 amide bonds. The molecule has 0 atom stereocenters. The first kappa shape index (κ1) is 13.9. The number of aromatic nitrogens is 1. The van der Waals surface area contributed by atoms with E-state index in [1.54, 1.807) is 14.0 Å². The number of hydrogen-bond donors (Lipinski definition) is 0. The summed E-state index contributed by atoms with van der Waals surface area (Å²) in [6.45, 7) is 3.48. The highest BCUT2D eigenvalue weighted by molar-refractivity contribution is 5.93. The molecule has 0 radical (unpaired) electrons. The van der Waals surface area contributed by atoms with Crippen molar-refractivity contribution in [2.75, 3.05) is 25.1 Å². The molecule has 1 aromatic heterocycles. The van der Waals surface area contributed by atoms with Crippen LogP contribution in [0.5, 0.6) is 5.75 Å². The number of piperidine rings is 1. The number of pyridine rings is 1. The van der Waals surface area contributed by atoms with Gasteiger partial charge in [-0.3, -0.25) is 4.79 Å². The summed E-state index contributed by atoms with van der Waals surface area (Å²) >= 11 is 0. The quantitative estimate of drug-likeness (QED) is 0.869. The van der Waals surface area contributed by atoms with Crippen LogP contribution in [0.1, 0.15) is 19.8 Å². The van der Waals surface area contributed by atoms with Crippen LogP contribution in [0.4, 0.5) is 5.82 Å². The number of hydrogen-bond acceptors (Lipinski definition) is 4. The Hall–Kier alpha value is -2.10.